The summed E-state index contributed by atoms with van der Waals surface area (Å²) in [5, 5.41) is 8.20. The molecule has 1 fully saturated rings. The number of nitrogens with zero attached hydrogens (tertiary/aromatic N) is 1. The van der Waals surface area contributed by atoms with Crippen LogP contribution >= 0.6 is 11.8 Å². The molecule has 1 heterocycles. The largest absolute Gasteiger partial charge is 0.492 e. The van der Waals surface area contributed by atoms with Crippen molar-refractivity contribution in [3.8, 4) is 11.5 Å². The molecule has 0 unspecified atom stereocenters. The molecule has 1 aliphatic rings. The van der Waals surface area contributed by atoms with E-state index in [4.69, 9.17) is 14.6 Å². The lowest BCUT2D eigenvalue weighted by Gasteiger charge is -2.13. The molecule has 1 saturated heterocycles. The molecule has 0 saturated carbocycles. The Labute approximate surface area is 169 Å². The third kappa shape index (κ3) is 5.58. The number of carbonyl (C=O) groups excluding carboxylic acids is 2. The number of halogens is 1. The first kappa shape index (κ1) is 20.4. The van der Waals surface area contributed by atoms with Crippen molar-refractivity contribution in [1.82, 2.24) is 4.90 Å². The quantitative estimate of drug-likeness (QED) is 0.658. The topological polar surface area (TPSA) is 93.1 Å². The van der Waals surface area contributed by atoms with Crippen molar-refractivity contribution >= 4 is 35.0 Å². The first-order valence-electron chi connectivity index (χ1n) is 8.51. The Balaban J connectivity index is 1.57. The van der Waals surface area contributed by atoms with Crippen LogP contribution in [-0.2, 0) is 9.59 Å². The van der Waals surface area contributed by atoms with Crippen LogP contribution < -0.4 is 9.47 Å². The molecular formula is C20H16FNO6S. The third-order valence-corrected chi connectivity index (χ3v) is 4.72. The van der Waals surface area contributed by atoms with Crippen molar-refractivity contribution in [2.75, 3.05) is 19.8 Å². The number of carbonyl (C=O) groups is 3. The highest BCUT2D eigenvalue weighted by Crippen LogP contribution is 2.32. The van der Waals surface area contributed by atoms with E-state index >= 15 is 0 Å². The van der Waals surface area contributed by atoms with Crippen molar-refractivity contribution in [2.45, 2.75) is 0 Å². The molecule has 0 spiro atoms. The maximum absolute atomic E-state index is 12.9. The van der Waals surface area contributed by atoms with Gasteiger partial charge in [-0.25, -0.2) is 9.18 Å². The van der Waals surface area contributed by atoms with Gasteiger partial charge in [0.2, 0.25) is 0 Å². The molecule has 2 amide bonds. The van der Waals surface area contributed by atoms with E-state index in [2.05, 4.69) is 0 Å². The zero-order valence-corrected chi connectivity index (χ0v) is 15.9. The van der Waals surface area contributed by atoms with E-state index in [0.717, 1.165) is 16.7 Å². The molecule has 0 radical (unpaired) electrons. The molecule has 29 heavy (non-hydrogen) atoms. The van der Waals surface area contributed by atoms with Crippen molar-refractivity contribution in [3.63, 3.8) is 0 Å². The summed E-state index contributed by atoms with van der Waals surface area (Å²) in [6.45, 7) is -0.286. The van der Waals surface area contributed by atoms with Gasteiger partial charge in [0.05, 0.1) is 11.4 Å². The Morgan fingerprint density at radius 1 is 1.03 bits per heavy atom. The number of carboxylic acids is 1. The van der Waals surface area contributed by atoms with E-state index in [1.165, 1.54) is 24.3 Å². The van der Waals surface area contributed by atoms with Crippen molar-refractivity contribution in [2.24, 2.45) is 0 Å². The van der Waals surface area contributed by atoms with Gasteiger partial charge in [-0.15, -0.1) is 0 Å². The molecule has 150 valence electrons. The minimum atomic E-state index is -1.08. The fourth-order valence-corrected chi connectivity index (χ4v) is 3.30. The van der Waals surface area contributed by atoms with Gasteiger partial charge in [-0.05, 0) is 59.8 Å². The highest BCUT2D eigenvalue weighted by atomic mass is 32.2. The van der Waals surface area contributed by atoms with Gasteiger partial charge < -0.3 is 14.6 Å². The zero-order valence-electron chi connectivity index (χ0n) is 15.0. The number of carboxylic acid groups (broad SMARTS) is 1. The fraction of sp³-hybridized carbons (Fsp3) is 0.150. The highest BCUT2D eigenvalue weighted by molar-refractivity contribution is 8.18. The lowest BCUT2D eigenvalue weighted by molar-refractivity contribution is -0.139. The van der Waals surface area contributed by atoms with Gasteiger partial charge in [0.1, 0.15) is 23.9 Å². The SMILES string of the molecule is O=C(O)COc1ccc(/C=C2\SC(=O)N(CCOc3ccc(F)cc3)C2=O)cc1. The molecular weight excluding hydrogens is 401 g/mol. The normalized spacial score (nSPS) is 15.1. The average molecular weight is 417 g/mol. The maximum atomic E-state index is 12.9. The molecule has 3 rings (SSSR count). The van der Waals surface area contributed by atoms with E-state index in [1.54, 1.807) is 30.3 Å². The van der Waals surface area contributed by atoms with Crippen LogP contribution in [0.25, 0.3) is 6.08 Å². The molecule has 7 nitrogen and oxygen atoms in total. The van der Waals surface area contributed by atoms with Gasteiger partial charge in [-0.3, -0.25) is 14.5 Å². The minimum Gasteiger partial charge on any atom is -0.492 e. The molecule has 1 N–H and O–H groups in total. The van der Waals surface area contributed by atoms with Crippen LogP contribution in [0.3, 0.4) is 0 Å². The van der Waals surface area contributed by atoms with Crippen molar-refractivity contribution < 1.29 is 33.4 Å². The highest BCUT2D eigenvalue weighted by Gasteiger charge is 2.34. The van der Waals surface area contributed by atoms with Crippen molar-refractivity contribution in [3.05, 3.63) is 64.8 Å². The van der Waals surface area contributed by atoms with Gasteiger partial charge in [-0.1, -0.05) is 12.1 Å². The molecule has 0 aromatic heterocycles. The lowest BCUT2D eigenvalue weighted by Crippen LogP contribution is -2.32. The van der Waals surface area contributed by atoms with E-state index < -0.39 is 23.7 Å². The second-order valence-electron chi connectivity index (χ2n) is 5.89. The standard InChI is InChI=1S/C20H16FNO6S/c21-14-3-7-15(8-4-14)27-10-9-22-19(25)17(29-20(22)26)11-13-1-5-16(6-2-13)28-12-18(23)24/h1-8,11H,9-10,12H2,(H,23,24)/b17-11-. The molecule has 0 aliphatic carbocycles. The van der Waals surface area contributed by atoms with E-state index in [-0.39, 0.29) is 23.9 Å². The fourth-order valence-electron chi connectivity index (χ4n) is 2.44. The Bertz CT molecular complexity index is 942. The number of thioether (sulfide) groups is 1. The monoisotopic (exact) mass is 417 g/mol. The first-order valence-corrected chi connectivity index (χ1v) is 9.32. The molecule has 0 atom stereocenters. The Morgan fingerprint density at radius 2 is 1.66 bits per heavy atom. The number of aliphatic carboxylic acids is 1. The van der Waals surface area contributed by atoms with Gasteiger partial charge in [0.25, 0.3) is 11.1 Å². The number of amides is 2. The van der Waals surface area contributed by atoms with Crippen LogP contribution in [0.2, 0.25) is 0 Å². The summed E-state index contributed by atoms with van der Waals surface area (Å²) >= 11 is 0.828. The molecule has 2 aromatic carbocycles. The van der Waals surface area contributed by atoms with Gasteiger partial charge in [0.15, 0.2) is 6.61 Å². The summed E-state index contributed by atoms with van der Waals surface area (Å²) in [5.41, 5.74) is 0.667. The zero-order chi connectivity index (χ0) is 20.8. The minimum absolute atomic E-state index is 0.0708. The van der Waals surface area contributed by atoms with E-state index in [0.29, 0.717) is 17.1 Å². The summed E-state index contributed by atoms with van der Waals surface area (Å²) in [6.07, 6.45) is 1.58. The Hall–Kier alpha value is -3.33. The van der Waals surface area contributed by atoms with Crippen LogP contribution in [0.15, 0.2) is 53.4 Å². The van der Waals surface area contributed by atoms with Crippen LogP contribution in [-0.4, -0.2) is 46.9 Å². The van der Waals surface area contributed by atoms with Crippen LogP contribution in [0.1, 0.15) is 5.56 Å². The smallest absolute Gasteiger partial charge is 0.341 e. The summed E-state index contributed by atoms with van der Waals surface area (Å²) in [7, 11) is 0. The molecule has 0 bridgehead atoms. The Kier molecular flexibility index (Phi) is 6.50. The first-order chi connectivity index (χ1) is 13.9. The number of imide groups is 1. The molecule has 1 aliphatic heterocycles. The van der Waals surface area contributed by atoms with Crippen LogP contribution in [0, 0.1) is 5.82 Å². The second kappa shape index (κ2) is 9.24. The lowest BCUT2D eigenvalue weighted by atomic mass is 10.2. The summed E-state index contributed by atoms with van der Waals surface area (Å²) < 4.78 is 23.4. The van der Waals surface area contributed by atoms with E-state index in [9.17, 15) is 18.8 Å². The van der Waals surface area contributed by atoms with Gasteiger partial charge >= 0.3 is 5.97 Å². The molecule has 2 aromatic rings. The average Bonchev–Trinajstić information content (AvgIpc) is 2.96. The predicted octanol–water partition coefficient (Wildman–Crippen LogP) is 3.40. The summed E-state index contributed by atoms with van der Waals surface area (Å²) in [4.78, 5) is 36.5. The number of hydrogen-bond donors (Lipinski definition) is 1. The molecule has 9 heteroatoms. The maximum Gasteiger partial charge on any atom is 0.341 e. The number of hydrogen-bond acceptors (Lipinski definition) is 6. The summed E-state index contributed by atoms with van der Waals surface area (Å²) in [6, 6.07) is 11.9. The number of rotatable bonds is 8. The number of ether oxygens (including phenoxy) is 2. The van der Waals surface area contributed by atoms with Gasteiger partial charge in [0, 0.05) is 0 Å². The number of benzene rings is 2. The van der Waals surface area contributed by atoms with Crippen molar-refractivity contribution in [1.29, 1.82) is 0 Å². The van der Waals surface area contributed by atoms with Gasteiger partial charge in [-0.2, -0.15) is 0 Å². The van der Waals surface area contributed by atoms with Crippen LogP contribution in [0.4, 0.5) is 9.18 Å². The predicted molar refractivity (Wildman–Crippen MR) is 104 cm³/mol. The second-order valence-corrected chi connectivity index (χ2v) is 6.88. The van der Waals surface area contributed by atoms with E-state index in [1.807, 2.05) is 0 Å². The summed E-state index contributed by atoms with van der Waals surface area (Å²) in [5.74, 6) is -1.05. The third-order valence-electron chi connectivity index (χ3n) is 3.81. The Morgan fingerprint density at radius 3 is 2.31 bits per heavy atom. The van der Waals surface area contributed by atoms with Crippen LogP contribution in [0.5, 0.6) is 11.5 Å².